The fourth-order valence-corrected chi connectivity index (χ4v) is 4.49. The number of aliphatic imine (C=N–C) groups is 1. The highest BCUT2D eigenvalue weighted by atomic mass is 19.1. The number of hydrogen-bond donors (Lipinski definition) is 0. The van der Waals surface area contributed by atoms with E-state index in [2.05, 4.69) is 24.9 Å². The van der Waals surface area contributed by atoms with Crippen molar-refractivity contribution in [2.24, 2.45) is 16.3 Å². The molecule has 1 aliphatic heterocycles. The highest BCUT2D eigenvalue weighted by molar-refractivity contribution is 6.03. The Morgan fingerprint density at radius 1 is 1.13 bits per heavy atom. The summed E-state index contributed by atoms with van der Waals surface area (Å²) < 4.78 is 18.9. The smallest absolute Gasteiger partial charge is 0.161 e. The standard InChI is InChI=1S/C26H25FN2O2/c1-16-21(14-28)24(25-22(29-16)12-26(2,3)13-23(25)30)18-6-10-20(11-7-18)31-15-17-4-8-19(27)9-5-17/h4-11,21,24H,12-13,15H2,1-3H3/t21?,24-/m1/s1. The lowest BCUT2D eigenvalue weighted by atomic mass is 9.67. The number of carbonyl (C=O) groups excluding carboxylic acids is 1. The van der Waals surface area contributed by atoms with E-state index in [0.717, 1.165) is 29.0 Å². The van der Waals surface area contributed by atoms with Crippen molar-refractivity contribution < 1.29 is 13.9 Å². The zero-order chi connectivity index (χ0) is 22.2. The second kappa shape index (κ2) is 8.11. The highest BCUT2D eigenvalue weighted by Gasteiger charge is 2.43. The number of ketones is 1. The SMILES string of the molecule is CC1=NC2=C(C(=O)CC(C)(C)C2)[C@H](c2ccc(OCc3ccc(F)cc3)cc2)C1C#N. The molecule has 0 spiro atoms. The van der Waals surface area contributed by atoms with Gasteiger partial charge in [0.2, 0.25) is 0 Å². The molecule has 0 amide bonds. The van der Waals surface area contributed by atoms with Crippen molar-refractivity contribution >= 4 is 11.5 Å². The van der Waals surface area contributed by atoms with E-state index in [9.17, 15) is 14.4 Å². The molecule has 4 rings (SSSR count). The molecule has 2 aromatic carbocycles. The van der Waals surface area contributed by atoms with E-state index >= 15 is 0 Å². The molecule has 0 fully saturated rings. The molecule has 0 radical (unpaired) electrons. The van der Waals surface area contributed by atoms with Crippen LogP contribution in [0.5, 0.6) is 5.75 Å². The van der Waals surface area contributed by atoms with Crippen LogP contribution in [0.15, 0.2) is 64.8 Å². The average Bonchev–Trinajstić information content (AvgIpc) is 2.72. The van der Waals surface area contributed by atoms with Crippen LogP contribution >= 0.6 is 0 Å². The number of Topliss-reactive ketones (excluding diaryl/α,β-unsaturated/α-hetero) is 1. The van der Waals surface area contributed by atoms with Gasteiger partial charge >= 0.3 is 0 Å². The Labute approximate surface area is 182 Å². The third-order valence-electron chi connectivity index (χ3n) is 6.00. The van der Waals surface area contributed by atoms with Gasteiger partial charge in [0.1, 0.15) is 18.2 Å². The number of halogens is 1. The first-order chi connectivity index (χ1) is 14.8. The second-order valence-corrected chi connectivity index (χ2v) is 9.12. The normalized spacial score (nSPS) is 22.4. The quantitative estimate of drug-likeness (QED) is 0.638. The molecule has 0 bridgehead atoms. The van der Waals surface area contributed by atoms with Crippen molar-refractivity contribution in [3.8, 4) is 11.8 Å². The summed E-state index contributed by atoms with van der Waals surface area (Å²) in [4.78, 5) is 17.7. The van der Waals surface area contributed by atoms with Gasteiger partial charge in [0.15, 0.2) is 5.78 Å². The van der Waals surface area contributed by atoms with Crippen molar-refractivity contribution in [2.75, 3.05) is 0 Å². The minimum Gasteiger partial charge on any atom is -0.489 e. The molecule has 2 aliphatic rings. The maximum Gasteiger partial charge on any atom is 0.161 e. The van der Waals surface area contributed by atoms with Gasteiger partial charge in [-0.15, -0.1) is 0 Å². The fourth-order valence-electron chi connectivity index (χ4n) is 4.49. The Hall–Kier alpha value is -3.26. The van der Waals surface area contributed by atoms with Crippen LogP contribution < -0.4 is 4.74 Å². The zero-order valence-electron chi connectivity index (χ0n) is 18.0. The third-order valence-corrected chi connectivity index (χ3v) is 6.00. The summed E-state index contributed by atoms with van der Waals surface area (Å²) in [7, 11) is 0. The lowest BCUT2D eigenvalue weighted by Crippen LogP contribution is -2.35. The molecule has 0 saturated heterocycles. The summed E-state index contributed by atoms with van der Waals surface area (Å²) in [5.41, 5.74) is 3.94. The van der Waals surface area contributed by atoms with E-state index in [1.807, 2.05) is 31.2 Å². The van der Waals surface area contributed by atoms with Crippen molar-refractivity contribution in [1.82, 2.24) is 0 Å². The van der Waals surface area contributed by atoms with Crippen LogP contribution in [0.1, 0.15) is 50.7 Å². The first-order valence-electron chi connectivity index (χ1n) is 10.5. The molecule has 1 unspecified atom stereocenters. The summed E-state index contributed by atoms with van der Waals surface area (Å²) in [5.74, 6) is -0.291. The molecule has 0 aromatic heterocycles. The predicted molar refractivity (Wildman–Crippen MR) is 117 cm³/mol. The Morgan fingerprint density at radius 3 is 2.45 bits per heavy atom. The minimum absolute atomic E-state index is 0.0874. The number of hydrogen-bond acceptors (Lipinski definition) is 4. The molecule has 5 heteroatoms. The van der Waals surface area contributed by atoms with Gasteiger partial charge in [0.05, 0.1) is 12.0 Å². The largest absolute Gasteiger partial charge is 0.489 e. The first kappa shape index (κ1) is 21.0. The monoisotopic (exact) mass is 416 g/mol. The minimum atomic E-state index is -0.463. The van der Waals surface area contributed by atoms with Crippen LogP contribution in [-0.4, -0.2) is 11.5 Å². The summed E-state index contributed by atoms with van der Waals surface area (Å²) in [6.07, 6.45) is 1.20. The van der Waals surface area contributed by atoms with Gasteiger partial charge in [-0.2, -0.15) is 5.26 Å². The molecule has 0 saturated carbocycles. The van der Waals surface area contributed by atoms with Crippen LogP contribution in [0.2, 0.25) is 0 Å². The zero-order valence-corrected chi connectivity index (χ0v) is 18.0. The summed E-state index contributed by atoms with van der Waals surface area (Å²) in [6, 6.07) is 16.1. The summed E-state index contributed by atoms with van der Waals surface area (Å²) in [5, 5.41) is 9.84. The lowest BCUT2D eigenvalue weighted by Gasteiger charge is -2.37. The Balaban J connectivity index is 1.60. The number of ether oxygens (including phenoxy) is 1. The number of allylic oxidation sites excluding steroid dienone is 2. The summed E-state index contributed by atoms with van der Waals surface area (Å²) in [6.45, 7) is 6.37. The topological polar surface area (TPSA) is 62.4 Å². The first-order valence-corrected chi connectivity index (χ1v) is 10.5. The van der Waals surface area contributed by atoms with E-state index in [0.29, 0.717) is 24.4 Å². The average molecular weight is 416 g/mol. The van der Waals surface area contributed by atoms with E-state index in [4.69, 9.17) is 4.74 Å². The number of benzene rings is 2. The molecule has 4 nitrogen and oxygen atoms in total. The van der Waals surface area contributed by atoms with Gasteiger partial charge in [-0.3, -0.25) is 9.79 Å². The summed E-state index contributed by atoms with van der Waals surface area (Å²) >= 11 is 0. The van der Waals surface area contributed by atoms with Gasteiger partial charge in [-0.1, -0.05) is 38.1 Å². The molecule has 0 N–H and O–H groups in total. The van der Waals surface area contributed by atoms with Crippen LogP contribution in [0.3, 0.4) is 0 Å². The van der Waals surface area contributed by atoms with Gasteiger partial charge in [-0.25, -0.2) is 4.39 Å². The van der Waals surface area contributed by atoms with Crippen LogP contribution in [-0.2, 0) is 11.4 Å². The van der Waals surface area contributed by atoms with E-state index in [1.165, 1.54) is 12.1 Å². The van der Waals surface area contributed by atoms with Crippen molar-refractivity contribution in [1.29, 1.82) is 5.26 Å². The predicted octanol–water partition coefficient (Wildman–Crippen LogP) is 5.75. The number of nitrogens with zero attached hydrogens (tertiary/aromatic N) is 2. The van der Waals surface area contributed by atoms with Crippen LogP contribution in [0, 0.1) is 28.5 Å². The van der Waals surface area contributed by atoms with Gasteiger partial charge < -0.3 is 4.74 Å². The number of rotatable bonds is 4. The lowest BCUT2D eigenvalue weighted by molar-refractivity contribution is -0.118. The highest BCUT2D eigenvalue weighted by Crippen LogP contribution is 2.47. The molecular formula is C26H25FN2O2. The maximum absolute atomic E-state index is 13.1. The molecule has 2 atom stereocenters. The second-order valence-electron chi connectivity index (χ2n) is 9.12. The van der Waals surface area contributed by atoms with E-state index in [1.54, 1.807) is 12.1 Å². The van der Waals surface area contributed by atoms with Crippen LogP contribution in [0.25, 0.3) is 0 Å². The molecular weight excluding hydrogens is 391 g/mol. The van der Waals surface area contributed by atoms with Crippen molar-refractivity contribution in [3.05, 3.63) is 76.7 Å². The molecule has 158 valence electrons. The maximum atomic E-state index is 13.1. The van der Waals surface area contributed by atoms with Crippen molar-refractivity contribution in [2.45, 2.75) is 46.1 Å². The molecule has 2 aromatic rings. The van der Waals surface area contributed by atoms with Gasteiger partial charge in [-0.05, 0) is 54.2 Å². The van der Waals surface area contributed by atoms with E-state index in [-0.39, 0.29) is 22.9 Å². The molecule has 1 aliphatic carbocycles. The third kappa shape index (κ3) is 4.29. The number of carbonyl (C=O) groups is 1. The Morgan fingerprint density at radius 2 is 1.81 bits per heavy atom. The Kier molecular flexibility index (Phi) is 5.49. The number of nitriles is 1. The van der Waals surface area contributed by atoms with E-state index < -0.39 is 5.92 Å². The molecule has 31 heavy (non-hydrogen) atoms. The van der Waals surface area contributed by atoms with Crippen LogP contribution in [0.4, 0.5) is 4.39 Å². The Bertz CT molecular complexity index is 1110. The fraction of sp³-hybridized carbons (Fsp3) is 0.346. The van der Waals surface area contributed by atoms with Gasteiger partial charge in [0, 0.05) is 29.3 Å². The molecule has 1 heterocycles. The van der Waals surface area contributed by atoms with Crippen molar-refractivity contribution in [3.63, 3.8) is 0 Å². The van der Waals surface area contributed by atoms with Gasteiger partial charge in [0.25, 0.3) is 0 Å².